The zero-order chi connectivity index (χ0) is 71.0. The molecular weight excluding hydrogens is 1330 g/mol. The van der Waals surface area contributed by atoms with Gasteiger partial charge in [-0.2, -0.15) is 31.6 Å². The van der Waals surface area contributed by atoms with Crippen molar-refractivity contribution in [3.63, 3.8) is 0 Å². The highest BCUT2D eigenvalue weighted by molar-refractivity contribution is 6.17. The van der Waals surface area contributed by atoms with Crippen molar-refractivity contribution in [2.75, 3.05) is 0 Å². The van der Waals surface area contributed by atoms with Gasteiger partial charge < -0.3 is 27.4 Å². The predicted molar refractivity (Wildman–Crippen MR) is 418 cm³/mol. The number of benzene rings is 15. The van der Waals surface area contributed by atoms with Crippen molar-refractivity contribution in [3.8, 4) is 62.4 Å². The molecule has 106 heavy (non-hydrogen) atoms. The van der Waals surface area contributed by atoms with Crippen LogP contribution >= 0.6 is 0 Å². The Morgan fingerprint density at radius 1 is 0.226 bits per heavy atom. The minimum Gasteiger partial charge on any atom is -0.309 e. The number of nitriles is 1. The molecule has 0 N–H and O–H groups in total. The summed E-state index contributed by atoms with van der Waals surface area (Å²) in [5.41, 5.74) is 12.1. The average molecular weight is 1380 g/mol. The van der Waals surface area contributed by atoms with Gasteiger partial charge in [0.1, 0.15) is 0 Å². The third-order valence-electron chi connectivity index (χ3n) is 21.7. The second-order valence-corrected chi connectivity index (χ2v) is 27.3. The second-order valence-electron chi connectivity index (χ2n) is 27.3. The summed E-state index contributed by atoms with van der Waals surface area (Å²) >= 11 is 0. The summed E-state index contributed by atoms with van der Waals surface area (Å²) in [6.45, 7) is 0. The molecule has 7 nitrogen and oxygen atoms in total. The van der Waals surface area contributed by atoms with Crippen LogP contribution in [0.2, 0.25) is 0 Å². The SMILES string of the molecule is N#Cc1ccc(-c2cc(-c3c(C(F)(F)F)cccc3C(F)(F)F)ccc2-n2c3ccc(-n4c5ccccc5c5ccccc54)cc3c3cc(-n4c5ccccc5c5ccccc54)ccc32)c(-n2c3ccc(-n4c5ccccc5c5ccccc54)cc3c3cc(-n4c5ccccc5c5ccccc54)ccc32)c1. The monoisotopic (exact) mass is 1380 g/mol. The Bertz CT molecular complexity index is 6820. The Balaban J connectivity index is 0.878. The van der Waals surface area contributed by atoms with Crippen LogP contribution in [0.1, 0.15) is 16.7 Å². The molecule has 0 aliphatic heterocycles. The summed E-state index contributed by atoms with van der Waals surface area (Å²) < 4.78 is 108. The predicted octanol–water partition coefficient (Wildman–Crippen LogP) is 25.5. The lowest BCUT2D eigenvalue weighted by atomic mass is 9.90. The molecule has 21 rings (SSSR count). The number of para-hydroxylation sites is 8. The highest BCUT2D eigenvalue weighted by atomic mass is 19.4. The topological polar surface area (TPSA) is 53.4 Å². The molecular formula is C93H53F6N7. The second kappa shape index (κ2) is 22.6. The molecule has 0 radical (unpaired) electrons. The van der Waals surface area contributed by atoms with Crippen LogP contribution in [0.3, 0.4) is 0 Å². The first-order valence-electron chi connectivity index (χ1n) is 34.9. The fourth-order valence-electron chi connectivity index (χ4n) is 17.3. The fourth-order valence-corrected chi connectivity index (χ4v) is 17.3. The van der Waals surface area contributed by atoms with Crippen LogP contribution in [0.5, 0.6) is 0 Å². The highest BCUT2D eigenvalue weighted by Crippen LogP contribution is 2.50. The normalized spacial score (nSPS) is 12.4. The van der Waals surface area contributed by atoms with E-state index in [4.69, 9.17) is 0 Å². The minimum absolute atomic E-state index is 0.268. The maximum atomic E-state index is 15.8. The number of rotatable bonds is 8. The number of alkyl halides is 6. The van der Waals surface area contributed by atoms with Gasteiger partial charge in [-0.05, 0) is 163 Å². The molecule has 0 saturated heterocycles. The Kier molecular flexibility index (Phi) is 13.0. The zero-order valence-electron chi connectivity index (χ0n) is 56.0. The van der Waals surface area contributed by atoms with Gasteiger partial charge in [-0.15, -0.1) is 0 Å². The van der Waals surface area contributed by atoms with Crippen LogP contribution in [-0.2, 0) is 12.4 Å². The minimum atomic E-state index is -5.21. The van der Waals surface area contributed by atoms with E-state index < -0.39 is 29.0 Å². The van der Waals surface area contributed by atoms with Crippen molar-refractivity contribution in [3.05, 3.63) is 338 Å². The van der Waals surface area contributed by atoms with Crippen molar-refractivity contribution in [2.24, 2.45) is 0 Å². The van der Waals surface area contributed by atoms with Crippen LogP contribution in [0.25, 0.3) is 187 Å². The Morgan fingerprint density at radius 2 is 0.509 bits per heavy atom. The molecule has 6 heterocycles. The van der Waals surface area contributed by atoms with Crippen LogP contribution in [-0.4, -0.2) is 27.4 Å². The molecule has 6 aromatic heterocycles. The van der Waals surface area contributed by atoms with E-state index in [2.05, 4.69) is 203 Å². The summed E-state index contributed by atoms with van der Waals surface area (Å²) in [5, 5.41) is 23.1. The summed E-state index contributed by atoms with van der Waals surface area (Å²) in [7, 11) is 0. The standard InChI is InChI=1S/C93H53F6N7/c94-92(95,96)75-26-17-27-76(93(97,98)99)91(75)56-37-43-85(105-86-44-38-57(101-77-28-9-1-18-61(77)62-19-2-10-29-78(62)101)50-71(86)72-51-58(39-45-87(72)105)102-79-30-11-3-20-63(79)64-21-4-12-31-80(64)102)70(49-56)69-42-36-55(54-100)48-90(69)106-88-46-40-59(103-81-32-13-5-22-65(81)66-23-6-14-33-82(66)103)52-73(88)74-53-60(41-47-89(74)106)104-83-34-15-7-24-67(83)68-25-8-16-35-84(68)104/h1-53H. The van der Waals surface area contributed by atoms with Crippen LogP contribution in [0.4, 0.5) is 26.3 Å². The number of fused-ring (bicyclic) bond motifs is 18. The molecule has 0 bridgehead atoms. The third kappa shape index (κ3) is 8.88. The summed E-state index contributed by atoms with van der Waals surface area (Å²) in [6.07, 6.45) is -10.4. The molecule has 21 aromatic rings. The molecule has 0 amide bonds. The van der Waals surface area contributed by atoms with E-state index in [1.165, 1.54) is 12.1 Å². The number of halogens is 6. The van der Waals surface area contributed by atoms with Gasteiger partial charge in [-0.25, -0.2) is 0 Å². The van der Waals surface area contributed by atoms with Crippen molar-refractivity contribution in [1.82, 2.24) is 27.4 Å². The molecule has 0 saturated carbocycles. The van der Waals surface area contributed by atoms with Crippen molar-refractivity contribution in [1.29, 1.82) is 5.26 Å². The molecule has 0 fully saturated rings. The first-order chi connectivity index (χ1) is 51.8. The number of hydrogen-bond donors (Lipinski definition) is 0. The molecule has 0 aliphatic rings. The van der Waals surface area contributed by atoms with Crippen LogP contribution in [0.15, 0.2) is 322 Å². The molecule has 0 spiro atoms. The third-order valence-corrected chi connectivity index (χ3v) is 21.7. The number of hydrogen-bond acceptors (Lipinski definition) is 1. The molecule has 0 atom stereocenters. The van der Waals surface area contributed by atoms with Gasteiger partial charge in [0, 0.05) is 104 Å². The summed E-state index contributed by atoms with van der Waals surface area (Å²) in [4.78, 5) is 0. The molecule has 0 unspecified atom stereocenters. The van der Waals surface area contributed by atoms with E-state index in [0.717, 1.165) is 149 Å². The van der Waals surface area contributed by atoms with E-state index in [1.54, 1.807) is 24.3 Å². The maximum Gasteiger partial charge on any atom is 0.417 e. The van der Waals surface area contributed by atoms with Gasteiger partial charge in [-0.3, -0.25) is 0 Å². The summed E-state index contributed by atoms with van der Waals surface area (Å²) in [6, 6.07) is 106. The highest BCUT2D eigenvalue weighted by Gasteiger charge is 2.41. The van der Waals surface area contributed by atoms with Crippen LogP contribution < -0.4 is 0 Å². The Labute approximate surface area is 599 Å². The smallest absolute Gasteiger partial charge is 0.309 e. The largest absolute Gasteiger partial charge is 0.417 e. The fraction of sp³-hybridized carbons (Fsp3) is 0.0215. The van der Waals surface area contributed by atoms with Gasteiger partial charge >= 0.3 is 12.4 Å². The quantitative estimate of drug-likeness (QED) is 0.140. The lowest BCUT2D eigenvalue weighted by Gasteiger charge is -2.22. The van der Waals surface area contributed by atoms with E-state index in [9.17, 15) is 5.26 Å². The lowest BCUT2D eigenvalue weighted by Crippen LogP contribution is -2.14. The molecule has 13 heteroatoms. The molecule has 15 aromatic carbocycles. The van der Waals surface area contributed by atoms with Gasteiger partial charge in [0.05, 0.1) is 100 Å². The average Bonchev–Trinajstić information content (AvgIpc) is 1.54. The van der Waals surface area contributed by atoms with Crippen LogP contribution in [0, 0.1) is 11.3 Å². The molecule has 0 aliphatic carbocycles. The van der Waals surface area contributed by atoms with Crippen molar-refractivity contribution >= 4 is 131 Å². The maximum absolute atomic E-state index is 15.8. The van der Waals surface area contributed by atoms with E-state index in [0.29, 0.717) is 40.1 Å². The zero-order valence-corrected chi connectivity index (χ0v) is 56.0. The summed E-state index contributed by atoms with van der Waals surface area (Å²) in [5.74, 6) is 0. The number of aromatic nitrogens is 6. The van der Waals surface area contributed by atoms with Crippen molar-refractivity contribution < 1.29 is 26.3 Å². The van der Waals surface area contributed by atoms with Gasteiger partial charge in [0.25, 0.3) is 0 Å². The van der Waals surface area contributed by atoms with Gasteiger partial charge in [0.2, 0.25) is 0 Å². The van der Waals surface area contributed by atoms with E-state index in [1.807, 2.05) is 97.1 Å². The first kappa shape index (κ1) is 60.9. The van der Waals surface area contributed by atoms with E-state index >= 15 is 26.3 Å². The van der Waals surface area contributed by atoms with Gasteiger partial charge in [-0.1, -0.05) is 164 Å². The molecule has 502 valence electrons. The van der Waals surface area contributed by atoms with Gasteiger partial charge in [0.15, 0.2) is 0 Å². The van der Waals surface area contributed by atoms with E-state index in [-0.39, 0.29) is 16.7 Å². The number of nitrogens with zero attached hydrogens (tertiary/aromatic N) is 7. The lowest BCUT2D eigenvalue weighted by molar-refractivity contribution is -0.142. The Hall–Kier alpha value is -13.8. The van der Waals surface area contributed by atoms with Crippen molar-refractivity contribution in [2.45, 2.75) is 12.4 Å². The Morgan fingerprint density at radius 3 is 0.802 bits per heavy atom. The first-order valence-corrected chi connectivity index (χ1v) is 34.9.